The van der Waals surface area contributed by atoms with Crippen LogP contribution in [0.5, 0.6) is 0 Å². The molecule has 0 saturated carbocycles. The largest absolute Gasteiger partial charge is 0.465 e. The van der Waals surface area contributed by atoms with Crippen LogP contribution in [-0.4, -0.2) is 25.5 Å². The molecule has 0 radical (unpaired) electrons. The molecule has 0 aromatic carbocycles. The van der Waals surface area contributed by atoms with Gasteiger partial charge in [0.25, 0.3) is 0 Å². The van der Waals surface area contributed by atoms with Gasteiger partial charge in [-0.05, 0) is 24.3 Å². The van der Waals surface area contributed by atoms with Crippen molar-refractivity contribution in [3.63, 3.8) is 0 Å². The lowest BCUT2D eigenvalue weighted by Crippen LogP contribution is -1.71. The van der Waals surface area contributed by atoms with E-state index in [9.17, 15) is 0 Å². The second-order valence-corrected chi connectivity index (χ2v) is 4.70. The average Bonchev–Trinajstić information content (AvgIpc) is 2.55. The molecule has 68 valence electrons. The molecule has 1 unspecified atom stereocenters. The second kappa shape index (κ2) is 5.50. The molecule has 2 nitrogen and oxygen atoms in total. The van der Waals surface area contributed by atoms with Crippen LogP contribution >= 0.6 is 7.55 Å². The van der Waals surface area contributed by atoms with Gasteiger partial charge >= 0.3 is 0 Å². The summed E-state index contributed by atoms with van der Waals surface area (Å²) in [6.07, 6.45) is 11.9. The minimum Gasteiger partial charge on any atom is -0.465 e. The minimum absolute atomic E-state index is 0.167. The first-order valence-corrected chi connectivity index (χ1v) is 6.16. The van der Waals surface area contributed by atoms with Crippen LogP contribution in [0.15, 0.2) is 33.9 Å². The highest BCUT2D eigenvalue weighted by Crippen LogP contribution is 2.10. The fraction of sp³-hybridized carbons (Fsp3) is 0.200. The molecule has 1 atom stereocenters. The topological polar surface area (TPSA) is 25.5 Å². The number of nitrogens with zero attached hydrogens (tertiary/aromatic N) is 1. The fourth-order valence-corrected chi connectivity index (χ4v) is 1.14. The molecule has 0 saturated heterocycles. The van der Waals surface area contributed by atoms with Gasteiger partial charge in [0, 0.05) is 6.21 Å². The Labute approximate surface area is 79.4 Å². The molecule has 0 fully saturated rings. The number of aliphatic imine (C=N–C) groups is 1. The van der Waals surface area contributed by atoms with Gasteiger partial charge in [-0.2, -0.15) is 0 Å². The first-order valence-electron chi connectivity index (χ1n) is 4.00. The summed E-state index contributed by atoms with van der Waals surface area (Å²) in [7, 11) is -0.167. The van der Waals surface area contributed by atoms with E-state index >= 15 is 0 Å². The van der Waals surface area contributed by atoms with Gasteiger partial charge in [0.15, 0.2) is 6.29 Å². The van der Waals surface area contributed by atoms with Crippen LogP contribution in [0.1, 0.15) is 5.76 Å². The molecule has 13 heavy (non-hydrogen) atoms. The smallest absolute Gasteiger partial charge is 0.194 e. The maximum absolute atomic E-state index is 5.10. The highest BCUT2D eigenvalue weighted by molar-refractivity contribution is 7.54. The molecule has 1 aromatic rings. The Bertz CT molecular complexity index is 312. The lowest BCUT2D eigenvalue weighted by molar-refractivity contribution is 0.557. The third-order valence-corrected chi connectivity index (χ3v) is 1.96. The SMILES string of the molecule is C=[P+](C)CN=CC=Cc1ccco1. The number of allylic oxidation sites excluding steroid dienone is 1. The molecule has 1 rings (SSSR count). The van der Waals surface area contributed by atoms with Gasteiger partial charge in [0.1, 0.15) is 13.3 Å². The molecule has 0 aliphatic carbocycles. The van der Waals surface area contributed by atoms with Gasteiger partial charge in [-0.1, -0.05) is 0 Å². The van der Waals surface area contributed by atoms with Gasteiger partial charge in [-0.3, -0.25) is 0 Å². The van der Waals surface area contributed by atoms with Gasteiger partial charge in [0.2, 0.25) is 0 Å². The lowest BCUT2D eigenvalue weighted by Gasteiger charge is -1.80. The summed E-state index contributed by atoms with van der Waals surface area (Å²) in [5.74, 6) is 0.847. The number of rotatable bonds is 4. The summed E-state index contributed by atoms with van der Waals surface area (Å²) in [6, 6.07) is 3.76. The third-order valence-electron chi connectivity index (χ3n) is 1.32. The van der Waals surface area contributed by atoms with Gasteiger partial charge < -0.3 is 4.42 Å². The molecule has 0 aliphatic heterocycles. The van der Waals surface area contributed by atoms with Gasteiger partial charge in [0.05, 0.1) is 19.2 Å². The van der Waals surface area contributed by atoms with Crippen molar-refractivity contribution in [1.82, 2.24) is 0 Å². The third kappa shape index (κ3) is 4.44. The van der Waals surface area contributed by atoms with Crippen molar-refractivity contribution in [3.05, 3.63) is 30.2 Å². The predicted octanol–water partition coefficient (Wildman–Crippen LogP) is 2.86. The zero-order valence-corrected chi connectivity index (χ0v) is 8.58. The van der Waals surface area contributed by atoms with Crippen LogP contribution in [0.3, 0.4) is 0 Å². The highest BCUT2D eigenvalue weighted by Gasteiger charge is 1.89. The zero-order chi connectivity index (χ0) is 9.52. The van der Waals surface area contributed by atoms with Gasteiger partial charge in [-0.25, -0.2) is 4.99 Å². The number of hydrogen-bond acceptors (Lipinski definition) is 2. The predicted molar refractivity (Wildman–Crippen MR) is 61.1 cm³/mol. The minimum atomic E-state index is -0.167. The normalized spacial score (nSPS) is 12.8. The van der Waals surface area contributed by atoms with E-state index in [-0.39, 0.29) is 7.55 Å². The molecular weight excluding hydrogens is 181 g/mol. The van der Waals surface area contributed by atoms with Gasteiger partial charge in [-0.15, -0.1) is 0 Å². The van der Waals surface area contributed by atoms with Crippen LogP contribution in [0, 0.1) is 0 Å². The molecule has 0 bridgehead atoms. The lowest BCUT2D eigenvalue weighted by atomic mass is 10.4. The first kappa shape index (κ1) is 9.94. The van der Waals surface area contributed by atoms with Crippen LogP contribution in [-0.2, 0) is 0 Å². The van der Waals surface area contributed by atoms with Crippen molar-refractivity contribution in [3.8, 4) is 0 Å². The monoisotopic (exact) mass is 194 g/mol. The summed E-state index contributed by atoms with van der Waals surface area (Å²) in [6.45, 7) is 2.10. The van der Waals surface area contributed by atoms with E-state index in [1.165, 1.54) is 0 Å². The Kier molecular flexibility index (Phi) is 4.20. The maximum atomic E-state index is 5.10. The summed E-state index contributed by atoms with van der Waals surface area (Å²) in [4.78, 5) is 4.18. The average molecular weight is 194 g/mol. The summed E-state index contributed by atoms with van der Waals surface area (Å²) in [5.41, 5.74) is 0. The Morgan fingerprint density at radius 3 is 3.15 bits per heavy atom. The second-order valence-electron chi connectivity index (χ2n) is 2.70. The van der Waals surface area contributed by atoms with E-state index in [1.54, 1.807) is 12.5 Å². The van der Waals surface area contributed by atoms with Crippen LogP contribution in [0.25, 0.3) is 6.08 Å². The Balaban J connectivity index is 2.34. The molecule has 1 heterocycles. The Hall–Kier alpha value is -1.14. The summed E-state index contributed by atoms with van der Waals surface area (Å²) in [5, 5.41) is 0. The number of hydrogen-bond donors (Lipinski definition) is 0. The molecule has 0 spiro atoms. The maximum Gasteiger partial charge on any atom is 0.194 e. The Morgan fingerprint density at radius 1 is 1.69 bits per heavy atom. The zero-order valence-electron chi connectivity index (χ0n) is 7.68. The molecule has 1 aromatic heterocycles. The Morgan fingerprint density at radius 2 is 2.54 bits per heavy atom. The van der Waals surface area contributed by atoms with Crippen LogP contribution < -0.4 is 0 Å². The van der Waals surface area contributed by atoms with E-state index in [0.29, 0.717) is 0 Å². The van der Waals surface area contributed by atoms with Crippen molar-refractivity contribution in [2.24, 2.45) is 4.99 Å². The quantitative estimate of drug-likeness (QED) is 0.534. The van der Waals surface area contributed by atoms with Crippen molar-refractivity contribution in [1.29, 1.82) is 0 Å². The first-order chi connectivity index (χ1) is 6.29. The molecule has 0 amide bonds. The van der Waals surface area contributed by atoms with Crippen molar-refractivity contribution >= 4 is 26.1 Å². The van der Waals surface area contributed by atoms with E-state index < -0.39 is 0 Å². The van der Waals surface area contributed by atoms with Crippen molar-refractivity contribution in [2.75, 3.05) is 13.0 Å². The van der Waals surface area contributed by atoms with Crippen LogP contribution in [0.4, 0.5) is 0 Å². The fourth-order valence-electron chi connectivity index (χ4n) is 0.771. The molecule has 0 aliphatic rings. The molecular formula is C10H13NOP+. The summed E-state index contributed by atoms with van der Waals surface area (Å²) < 4.78 is 5.10. The van der Waals surface area contributed by atoms with Crippen molar-refractivity contribution in [2.45, 2.75) is 0 Å². The van der Waals surface area contributed by atoms with E-state index in [0.717, 1.165) is 12.0 Å². The van der Waals surface area contributed by atoms with E-state index in [1.807, 2.05) is 24.3 Å². The van der Waals surface area contributed by atoms with Crippen molar-refractivity contribution < 1.29 is 4.42 Å². The van der Waals surface area contributed by atoms with E-state index in [4.69, 9.17) is 4.42 Å². The number of furan rings is 1. The summed E-state index contributed by atoms with van der Waals surface area (Å²) >= 11 is 0. The standard InChI is InChI=1S/C10H13NOP/c1-13(2)9-11-7-3-5-10-6-4-8-12-10/h3-8H,1,9H2,2H3/q+1. The molecule has 0 N–H and O–H groups in total. The van der Waals surface area contributed by atoms with Crippen LogP contribution in [0.2, 0.25) is 0 Å². The highest BCUT2D eigenvalue weighted by atomic mass is 31.1. The van der Waals surface area contributed by atoms with E-state index in [2.05, 4.69) is 18.0 Å². The molecule has 3 heteroatoms.